The number of piperidine rings is 1. The molecule has 0 saturated carbocycles. The summed E-state index contributed by atoms with van der Waals surface area (Å²) in [6.07, 6.45) is 5.67. The first-order valence-corrected chi connectivity index (χ1v) is 7.92. The second-order valence-electron chi connectivity index (χ2n) is 5.57. The van der Waals surface area contributed by atoms with Gasteiger partial charge < -0.3 is 9.64 Å². The van der Waals surface area contributed by atoms with E-state index in [0.29, 0.717) is 6.10 Å². The molecule has 1 aromatic rings. The van der Waals surface area contributed by atoms with E-state index >= 15 is 0 Å². The number of aromatic nitrogens is 1. The molecule has 1 aliphatic heterocycles. The second kappa shape index (κ2) is 7.25. The summed E-state index contributed by atoms with van der Waals surface area (Å²) in [5.41, 5.74) is 0. The second-order valence-corrected chi connectivity index (χ2v) is 6.49. The summed E-state index contributed by atoms with van der Waals surface area (Å²) in [7, 11) is 0. The molecular formula is C15H23BrN2O. The molecule has 1 saturated heterocycles. The van der Waals surface area contributed by atoms with Crippen molar-refractivity contribution in [2.24, 2.45) is 5.92 Å². The van der Waals surface area contributed by atoms with Crippen molar-refractivity contribution in [2.45, 2.75) is 39.2 Å². The first kappa shape index (κ1) is 14.8. The Morgan fingerprint density at radius 2 is 2.11 bits per heavy atom. The molecule has 0 aromatic carbocycles. The Morgan fingerprint density at radius 3 is 2.68 bits per heavy atom. The van der Waals surface area contributed by atoms with E-state index in [1.807, 2.05) is 12.3 Å². The standard InChI is InChI=1S/C15H23BrN2O/c1-12(2)7-10-19-14-5-8-18(9-6-14)15-4-3-13(16)11-17-15/h3-4,11-12,14H,5-10H2,1-2H3. The molecule has 1 aliphatic rings. The van der Waals surface area contributed by atoms with E-state index < -0.39 is 0 Å². The number of anilines is 1. The Bertz CT molecular complexity index is 372. The Morgan fingerprint density at radius 1 is 1.37 bits per heavy atom. The molecule has 2 rings (SSSR count). The minimum atomic E-state index is 0.436. The van der Waals surface area contributed by atoms with Crippen LogP contribution in [0.2, 0.25) is 0 Å². The summed E-state index contributed by atoms with van der Waals surface area (Å²) in [5.74, 6) is 1.80. The number of pyridine rings is 1. The van der Waals surface area contributed by atoms with Crippen LogP contribution in [0.15, 0.2) is 22.8 Å². The number of halogens is 1. The molecule has 1 aromatic heterocycles. The molecule has 4 heteroatoms. The molecule has 1 fully saturated rings. The minimum Gasteiger partial charge on any atom is -0.378 e. The average molecular weight is 327 g/mol. The quantitative estimate of drug-likeness (QED) is 0.821. The molecule has 0 amide bonds. The molecule has 0 N–H and O–H groups in total. The molecular weight excluding hydrogens is 304 g/mol. The van der Waals surface area contributed by atoms with Gasteiger partial charge in [0.2, 0.25) is 0 Å². The fraction of sp³-hybridized carbons (Fsp3) is 0.667. The summed E-state index contributed by atoms with van der Waals surface area (Å²) in [5, 5.41) is 0. The van der Waals surface area contributed by atoms with Gasteiger partial charge in [-0.25, -0.2) is 4.98 Å². The molecule has 3 nitrogen and oxygen atoms in total. The molecule has 106 valence electrons. The van der Waals surface area contributed by atoms with Gasteiger partial charge in [0, 0.05) is 30.4 Å². The van der Waals surface area contributed by atoms with Gasteiger partial charge in [-0.1, -0.05) is 13.8 Å². The van der Waals surface area contributed by atoms with Gasteiger partial charge >= 0.3 is 0 Å². The van der Waals surface area contributed by atoms with Crippen LogP contribution in [0.5, 0.6) is 0 Å². The van der Waals surface area contributed by atoms with Crippen LogP contribution in [0.4, 0.5) is 5.82 Å². The van der Waals surface area contributed by atoms with Crippen LogP contribution in [0.25, 0.3) is 0 Å². The van der Waals surface area contributed by atoms with E-state index in [0.717, 1.165) is 55.2 Å². The van der Waals surface area contributed by atoms with E-state index in [9.17, 15) is 0 Å². The topological polar surface area (TPSA) is 25.4 Å². The minimum absolute atomic E-state index is 0.436. The summed E-state index contributed by atoms with van der Waals surface area (Å²) < 4.78 is 6.97. The fourth-order valence-electron chi connectivity index (χ4n) is 2.28. The molecule has 2 heterocycles. The third kappa shape index (κ3) is 4.77. The van der Waals surface area contributed by atoms with Gasteiger partial charge in [-0.2, -0.15) is 0 Å². The molecule has 0 unspecified atom stereocenters. The first-order valence-electron chi connectivity index (χ1n) is 7.13. The van der Waals surface area contributed by atoms with Crippen LogP contribution >= 0.6 is 15.9 Å². The van der Waals surface area contributed by atoms with Gasteiger partial charge in [-0.15, -0.1) is 0 Å². The summed E-state index contributed by atoms with van der Waals surface area (Å²) in [6, 6.07) is 4.12. The number of nitrogens with zero attached hydrogens (tertiary/aromatic N) is 2. The lowest BCUT2D eigenvalue weighted by atomic mass is 10.1. The van der Waals surface area contributed by atoms with Crippen molar-refractivity contribution in [3.63, 3.8) is 0 Å². The smallest absolute Gasteiger partial charge is 0.128 e. The van der Waals surface area contributed by atoms with Crippen LogP contribution < -0.4 is 4.90 Å². The lowest BCUT2D eigenvalue weighted by molar-refractivity contribution is 0.0311. The molecule has 0 atom stereocenters. The van der Waals surface area contributed by atoms with Crippen molar-refractivity contribution in [1.82, 2.24) is 4.98 Å². The van der Waals surface area contributed by atoms with E-state index in [-0.39, 0.29) is 0 Å². The van der Waals surface area contributed by atoms with Crippen LogP contribution in [-0.4, -0.2) is 30.8 Å². The average Bonchev–Trinajstić information content (AvgIpc) is 2.40. The predicted octanol–water partition coefficient (Wildman–Crippen LogP) is 3.88. The van der Waals surface area contributed by atoms with Crippen LogP contribution in [0.3, 0.4) is 0 Å². The van der Waals surface area contributed by atoms with Gasteiger partial charge in [0.25, 0.3) is 0 Å². The monoisotopic (exact) mass is 326 g/mol. The highest BCUT2D eigenvalue weighted by Crippen LogP contribution is 2.21. The maximum absolute atomic E-state index is 5.94. The normalized spacial score (nSPS) is 17.2. The maximum Gasteiger partial charge on any atom is 0.128 e. The summed E-state index contributed by atoms with van der Waals surface area (Å²) in [6.45, 7) is 7.47. The van der Waals surface area contributed by atoms with Crippen molar-refractivity contribution >= 4 is 21.7 Å². The van der Waals surface area contributed by atoms with E-state index in [1.54, 1.807) is 0 Å². The van der Waals surface area contributed by atoms with Crippen molar-refractivity contribution in [3.8, 4) is 0 Å². The predicted molar refractivity (Wildman–Crippen MR) is 82.6 cm³/mol. The zero-order valence-electron chi connectivity index (χ0n) is 11.8. The molecule has 0 radical (unpaired) electrons. The Hall–Kier alpha value is -0.610. The number of ether oxygens (including phenoxy) is 1. The maximum atomic E-state index is 5.94. The number of hydrogen-bond acceptors (Lipinski definition) is 3. The van der Waals surface area contributed by atoms with Crippen LogP contribution in [0, 0.1) is 5.92 Å². The van der Waals surface area contributed by atoms with E-state index in [2.05, 4.69) is 45.7 Å². The highest BCUT2D eigenvalue weighted by Gasteiger charge is 2.20. The lowest BCUT2D eigenvalue weighted by Gasteiger charge is -2.32. The lowest BCUT2D eigenvalue weighted by Crippen LogP contribution is -2.37. The first-order chi connectivity index (χ1) is 9.15. The molecule has 19 heavy (non-hydrogen) atoms. The fourth-order valence-corrected chi connectivity index (χ4v) is 2.51. The Balaban J connectivity index is 1.74. The van der Waals surface area contributed by atoms with Crippen LogP contribution in [0.1, 0.15) is 33.1 Å². The van der Waals surface area contributed by atoms with Crippen molar-refractivity contribution < 1.29 is 4.74 Å². The zero-order valence-corrected chi connectivity index (χ0v) is 13.4. The Labute approximate surface area is 124 Å². The molecule has 0 aliphatic carbocycles. The van der Waals surface area contributed by atoms with Crippen molar-refractivity contribution in [2.75, 3.05) is 24.6 Å². The summed E-state index contributed by atoms with van der Waals surface area (Å²) >= 11 is 3.42. The van der Waals surface area contributed by atoms with Gasteiger partial charge in [0.05, 0.1) is 6.10 Å². The highest BCUT2D eigenvalue weighted by atomic mass is 79.9. The number of rotatable bonds is 5. The molecule has 0 spiro atoms. The Kier molecular flexibility index (Phi) is 5.64. The van der Waals surface area contributed by atoms with E-state index in [1.165, 1.54) is 0 Å². The zero-order chi connectivity index (χ0) is 13.7. The van der Waals surface area contributed by atoms with Gasteiger partial charge in [0.15, 0.2) is 0 Å². The van der Waals surface area contributed by atoms with Gasteiger partial charge in [0.1, 0.15) is 5.82 Å². The van der Waals surface area contributed by atoms with Gasteiger partial charge in [-0.05, 0) is 53.2 Å². The van der Waals surface area contributed by atoms with E-state index in [4.69, 9.17) is 4.74 Å². The third-order valence-corrected chi connectivity index (χ3v) is 4.00. The third-order valence-electron chi connectivity index (χ3n) is 3.53. The largest absolute Gasteiger partial charge is 0.378 e. The SMILES string of the molecule is CC(C)CCOC1CCN(c2ccc(Br)cn2)CC1. The summed E-state index contributed by atoms with van der Waals surface area (Å²) in [4.78, 5) is 6.79. The molecule has 0 bridgehead atoms. The highest BCUT2D eigenvalue weighted by molar-refractivity contribution is 9.10. The van der Waals surface area contributed by atoms with Crippen LogP contribution in [-0.2, 0) is 4.74 Å². The van der Waals surface area contributed by atoms with Gasteiger partial charge in [-0.3, -0.25) is 0 Å². The van der Waals surface area contributed by atoms with Crippen molar-refractivity contribution in [3.05, 3.63) is 22.8 Å². The van der Waals surface area contributed by atoms with Crippen molar-refractivity contribution in [1.29, 1.82) is 0 Å². The number of hydrogen-bond donors (Lipinski definition) is 0.